The molecule has 21 heavy (non-hydrogen) atoms. The number of thiophene rings is 1. The fourth-order valence-corrected chi connectivity index (χ4v) is 3.48. The Morgan fingerprint density at radius 2 is 2.48 bits per heavy atom. The van der Waals surface area contributed by atoms with Crippen molar-refractivity contribution in [2.24, 2.45) is 0 Å². The summed E-state index contributed by atoms with van der Waals surface area (Å²) in [5.74, 6) is 0.261. The molecule has 1 saturated heterocycles. The second-order valence-corrected chi connectivity index (χ2v) is 6.59. The maximum Gasteiger partial charge on any atom is 0.222 e. The smallest absolute Gasteiger partial charge is 0.222 e. The lowest BCUT2D eigenvalue weighted by Gasteiger charge is -2.25. The monoisotopic (exact) mass is 310 g/mol. The number of amides is 1. The van der Waals surface area contributed by atoms with Crippen molar-refractivity contribution in [1.82, 2.24) is 10.2 Å². The number of nitrogens with zero attached hydrogens (tertiary/aromatic N) is 1. The van der Waals surface area contributed by atoms with Crippen LogP contribution >= 0.6 is 11.3 Å². The van der Waals surface area contributed by atoms with E-state index >= 15 is 0 Å². The molecule has 0 saturated carbocycles. The van der Waals surface area contributed by atoms with Gasteiger partial charge in [-0.05, 0) is 43.7 Å². The Labute approximate surface area is 131 Å². The van der Waals surface area contributed by atoms with Gasteiger partial charge in [0.1, 0.15) is 0 Å². The van der Waals surface area contributed by atoms with Gasteiger partial charge < -0.3 is 15.0 Å². The third-order valence-electron chi connectivity index (χ3n) is 3.92. The van der Waals surface area contributed by atoms with Gasteiger partial charge in [0.25, 0.3) is 0 Å². The third-order valence-corrected chi connectivity index (χ3v) is 4.85. The van der Waals surface area contributed by atoms with Crippen LogP contribution in [0, 0.1) is 0 Å². The first-order chi connectivity index (χ1) is 10.3. The van der Waals surface area contributed by atoms with Gasteiger partial charge in [0.2, 0.25) is 5.91 Å². The molecule has 1 atom stereocenters. The Morgan fingerprint density at radius 1 is 1.57 bits per heavy atom. The lowest BCUT2D eigenvalue weighted by molar-refractivity contribution is -0.132. The molecule has 1 unspecified atom stereocenters. The molecule has 4 nitrogen and oxygen atoms in total. The average molecular weight is 310 g/mol. The van der Waals surface area contributed by atoms with E-state index in [0.717, 1.165) is 25.9 Å². The zero-order chi connectivity index (χ0) is 14.9. The molecule has 118 valence electrons. The number of hydrogen-bond donors (Lipinski definition) is 1. The van der Waals surface area contributed by atoms with Crippen molar-refractivity contribution in [3.05, 3.63) is 22.4 Å². The third kappa shape index (κ3) is 5.77. The van der Waals surface area contributed by atoms with Crippen LogP contribution < -0.4 is 5.32 Å². The largest absolute Gasteiger partial charge is 0.383 e. The van der Waals surface area contributed by atoms with Crippen LogP contribution in [0.15, 0.2) is 17.5 Å². The van der Waals surface area contributed by atoms with Crippen LogP contribution in [0.2, 0.25) is 0 Å². The lowest BCUT2D eigenvalue weighted by atomic mass is 10.1. The number of rotatable bonds is 9. The molecule has 1 aromatic heterocycles. The summed E-state index contributed by atoms with van der Waals surface area (Å²) in [5.41, 5.74) is 0. The molecule has 0 bridgehead atoms. The summed E-state index contributed by atoms with van der Waals surface area (Å²) < 4.78 is 5.14. The number of hydrogen-bond acceptors (Lipinski definition) is 4. The van der Waals surface area contributed by atoms with E-state index in [4.69, 9.17) is 4.74 Å². The van der Waals surface area contributed by atoms with Gasteiger partial charge in [0, 0.05) is 37.5 Å². The van der Waals surface area contributed by atoms with E-state index in [-0.39, 0.29) is 5.91 Å². The van der Waals surface area contributed by atoms with E-state index in [1.54, 1.807) is 18.4 Å². The van der Waals surface area contributed by atoms with Gasteiger partial charge in [0.15, 0.2) is 0 Å². The topological polar surface area (TPSA) is 41.6 Å². The molecular formula is C16H26N2O2S. The second kappa shape index (κ2) is 9.18. The molecule has 1 aromatic rings. The van der Waals surface area contributed by atoms with Gasteiger partial charge in [-0.25, -0.2) is 0 Å². The van der Waals surface area contributed by atoms with Crippen molar-refractivity contribution in [1.29, 1.82) is 0 Å². The molecule has 1 fully saturated rings. The minimum atomic E-state index is 0.261. The van der Waals surface area contributed by atoms with Crippen LogP contribution in [-0.4, -0.2) is 50.2 Å². The molecule has 1 amide bonds. The molecule has 2 rings (SSSR count). The summed E-state index contributed by atoms with van der Waals surface area (Å²) in [5, 5.41) is 5.55. The maximum atomic E-state index is 12.4. The van der Waals surface area contributed by atoms with E-state index in [9.17, 15) is 4.79 Å². The Balaban J connectivity index is 1.75. The fraction of sp³-hybridized carbons (Fsp3) is 0.688. The molecule has 5 heteroatoms. The summed E-state index contributed by atoms with van der Waals surface area (Å²) in [4.78, 5) is 15.7. The predicted octanol–water partition coefficient (Wildman–Crippen LogP) is 2.30. The Bertz CT molecular complexity index is 402. The molecule has 1 aliphatic heterocycles. The summed E-state index contributed by atoms with van der Waals surface area (Å²) in [6.07, 6.45) is 4.96. The van der Waals surface area contributed by atoms with Crippen LogP contribution in [0.3, 0.4) is 0 Å². The molecule has 0 radical (unpaired) electrons. The van der Waals surface area contributed by atoms with Crippen LogP contribution in [0.5, 0.6) is 0 Å². The predicted molar refractivity (Wildman–Crippen MR) is 86.7 cm³/mol. The van der Waals surface area contributed by atoms with E-state index in [2.05, 4.69) is 22.8 Å². The average Bonchev–Trinajstić information content (AvgIpc) is 3.16. The summed E-state index contributed by atoms with van der Waals surface area (Å²) in [6, 6.07) is 4.67. The zero-order valence-electron chi connectivity index (χ0n) is 12.8. The quantitative estimate of drug-likeness (QED) is 0.761. The van der Waals surface area contributed by atoms with Crippen molar-refractivity contribution in [2.75, 3.05) is 33.4 Å². The van der Waals surface area contributed by atoms with E-state index in [1.807, 2.05) is 4.90 Å². The van der Waals surface area contributed by atoms with Crippen LogP contribution in [0.25, 0.3) is 0 Å². The first kappa shape index (κ1) is 16.5. The molecule has 1 N–H and O–H groups in total. The van der Waals surface area contributed by atoms with Crippen molar-refractivity contribution in [3.8, 4) is 0 Å². The Morgan fingerprint density at radius 3 is 3.14 bits per heavy atom. The van der Waals surface area contributed by atoms with Crippen molar-refractivity contribution < 1.29 is 9.53 Å². The number of aryl methyl sites for hydroxylation is 1. The number of methoxy groups -OCH3 is 1. The van der Waals surface area contributed by atoms with Gasteiger partial charge in [-0.1, -0.05) is 6.07 Å². The highest BCUT2D eigenvalue weighted by Crippen LogP contribution is 2.13. The number of carbonyl (C=O) groups excluding carboxylic acids is 1. The summed E-state index contributed by atoms with van der Waals surface area (Å²) in [6.45, 7) is 3.21. The van der Waals surface area contributed by atoms with Gasteiger partial charge in [-0.2, -0.15) is 0 Å². The van der Waals surface area contributed by atoms with Crippen molar-refractivity contribution >= 4 is 17.2 Å². The zero-order valence-corrected chi connectivity index (χ0v) is 13.7. The highest BCUT2D eigenvalue weighted by Gasteiger charge is 2.21. The van der Waals surface area contributed by atoms with Gasteiger partial charge in [-0.15, -0.1) is 11.3 Å². The molecule has 0 aromatic carbocycles. The molecule has 2 heterocycles. The lowest BCUT2D eigenvalue weighted by Crippen LogP contribution is -2.42. The minimum Gasteiger partial charge on any atom is -0.383 e. The van der Waals surface area contributed by atoms with Crippen molar-refractivity contribution in [3.63, 3.8) is 0 Å². The van der Waals surface area contributed by atoms with Crippen molar-refractivity contribution in [2.45, 2.75) is 38.1 Å². The summed E-state index contributed by atoms with van der Waals surface area (Å²) in [7, 11) is 1.69. The van der Waals surface area contributed by atoms with E-state index in [0.29, 0.717) is 25.6 Å². The maximum absolute atomic E-state index is 12.4. The Kier molecular flexibility index (Phi) is 7.19. The van der Waals surface area contributed by atoms with Crippen LogP contribution in [0.1, 0.15) is 30.6 Å². The number of nitrogens with one attached hydrogen (secondary N) is 1. The van der Waals surface area contributed by atoms with Gasteiger partial charge in [-0.3, -0.25) is 4.79 Å². The SMILES string of the molecule is COCCN(CC1CCCN1)C(=O)CCCc1cccs1. The first-order valence-corrected chi connectivity index (χ1v) is 8.70. The molecular weight excluding hydrogens is 284 g/mol. The highest BCUT2D eigenvalue weighted by atomic mass is 32.1. The number of ether oxygens (including phenoxy) is 1. The molecule has 0 aliphatic carbocycles. The van der Waals surface area contributed by atoms with E-state index < -0.39 is 0 Å². The first-order valence-electron chi connectivity index (χ1n) is 7.82. The highest BCUT2D eigenvalue weighted by molar-refractivity contribution is 7.09. The van der Waals surface area contributed by atoms with Crippen LogP contribution in [0.4, 0.5) is 0 Å². The minimum absolute atomic E-state index is 0.261. The number of carbonyl (C=O) groups is 1. The fourth-order valence-electron chi connectivity index (χ4n) is 2.72. The standard InChI is InChI=1S/C16H26N2O2S/c1-20-11-10-18(13-14-5-3-9-17-14)16(19)8-2-6-15-7-4-12-21-15/h4,7,12,14,17H,2-3,5-6,8-11,13H2,1H3. The molecule has 0 spiro atoms. The summed E-state index contributed by atoms with van der Waals surface area (Å²) >= 11 is 1.77. The Hall–Kier alpha value is -0.910. The second-order valence-electron chi connectivity index (χ2n) is 5.56. The normalized spacial score (nSPS) is 18.0. The van der Waals surface area contributed by atoms with Crippen LogP contribution in [-0.2, 0) is 16.0 Å². The molecule has 1 aliphatic rings. The van der Waals surface area contributed by atoms with Gasteiger partial charge >= 0.3 is 0 Å². The van der Waals surface area contributed by atoms with Gasteiger partial charge in [0.05, 0.1) is 6.61 Å². The van der Waals surface area contributed by atoms with E-state index in [1.165, 1.54) is 17.7 Å².